The summed E-state index contributed by atoms with van der Waals surface area (Å²) in [6.45, 7) is 41.0. The number of carboxylic acids is 1. The zero-order valence-electron chi connectivity index (χ0n) is 89.4. The number of carboxylic acid groups (broad SMARTS) is 1. The molecule has 0 spiro atoms. The fourth-order valence-corrected chi connectivity index (χ4v) is 14.7. The van der Waals surface area contributed by atoms with E-state index in [0.29, 0.717) is 75.8 Å². The molecule has 784 valence electrons. The molecule has 3 atom stereocenters. The van der Waals surface area contributed by atoms with Gasteiger partial charge >= 0.3 is 36.2 Å². The second kappa shape index (κ2) is 48.4. The number of fused-ring (bicyclic) bond motifs is 3. The molecule has 0 aliphatic heterocycles. The van der Waals surface area contributed by atoms with E-state index < -0.39 is 53.4 Å². The number of likely N-dealkylation sites (N-methyl/N-ethyl adjacent to an activating group) is 3. The standard InChI is InChI=1S/C40H47N7O5.C35H39N7O3.C31H32N6O2.C9H17NO4/c1-25-14-16-28(17-15-25)47-35(23-33(45-47)39(3,4)5)44-37(49)42-31-18-19-32(30-13-11-10-12-29(30)31)51-24-27-20-21-41-34(22-27)43-36(48)26(2)46(9)38(50)52-40(6,7)8;1-22-11-13-25(14-12-22)42-32(20-30(41-42)35(3,4)5)40-34(44)38-28-15-16-29(27-10-8-7-9-26(27)28)45-21-24-17-18-37-31(19-24)39-33(43)23(2)36-6;1-20-9-11-22(12-10-20)37-29(18-27(36-37)31(2,3)4)35-30(38)34-25-13-14-26(24-8-6-5-7-23(24)25)39-19-21-15-16-33-28(32)17-21;1-6(7(11)12)10(5)8(13)14-9(2,3)4/h10-23,26H,24H2,1-9H3,(H,41,43,48)(H2,42,44,49);7-20,23,36H,21H2,1-6H3,(H,37,39,43)(H2,38,40,44);5-18H,19H2,1-4H3,(H2,32,33)(H2,34,35,38);6H,1-5H3,(H,11,12)/t26-;23-;;6-/m00.0/s1. The quantitative estimate of drug-likeness (QED) is 0.0240. The number of aromatic nitrogens is 9. The topological polar surface area (TPSA) is 436 Å². The summed E-state index contributed by atoms with van der Waals surface area (Å²) in [5.41, 5.74) is 16.9. The Labute approximate surface area is 874 Å². The highest BCUT2D eigenvalue weighted by Gasteiger charge is 2.32. The molecular weight excluding hydrogens is 1900 g/mol. The van der Waals surface area contributed by atoms with Gasteiger partial charge in [-0.15, -0.1) is 0 Å². The largest absolute Gasteiger partial charge is 0.488 e. The number of amides is 10. The summed E-state index contributed by atoms with van der Waals surface area (Å²) >= 11 is 0. The van der Waals surface area contributed by atoms with E-state index in [2.05, 4.69) is 125 Å². The number of hydrogen-bond donors (Lipinski definition) is 11. The number of benzene rings is 9. The van der Waals surface area contributed by atoms with Crippen molar-refractivity contribution in [3.05, 3.63) is 306 Å². The number of rotatable bonds is 26. The van der Waals surface area contributed by atoms with Crippen LogP contribution in [0.25, 0.3) is 49.4 Å². The van der Waals surface area contributed by atoms with E-state index in [1.54, 1.807) is 125 Å². The summed E-state index contributed by atoms with van der Waals surface area (Å²) in [5, 5.41) is 54.6. The molecule has 35 heteroatoms. The van der Waals surface area contributed by atoms with Crippen LogP contribution in [0.1, 0.15) is 175 Å². The van der Waals surface area contributed by atoms with E-state index >= 15 is 0 Å². The summed E-state index contributed by atoms with van der Waals surface area (Å²) in [7, 11) is 4.63. The van der Waals surface area contributed by atoms with Crippen LogP contribution in [-0.2, 0) is 59.9 Å². The van der Waals surface area contributed by atoms with Gasteiger partial charge in [-0.3, -0.25) is 35.3 Å². The Bertz CT molecular complexity index is 7330. The number of nitrogens with zero attached hydrogens (tertiary/aromatic N) is 11. The lowest BCUT2D eigenvalue weighted by atomic mass is 9.92. The van der Waals surface area contributed by atoms with Gasteiger partial charge in [-0.05, 0) is 216 Å². The Morgan fingerprint density at radius 3 is 0.947 bits per heavy atom. The summed E-state index contributed by atoms with van der Waals surface area (Å²) in [6, 6.07) is 71.5. The molecular formula is C115H135N21O14. The van der Waals surface area contributed by atoms with E-state index in [1.165, 1.54) is 25.9 Å². The van der Waals surface area contributed by atoms with Gasteiger partial charge in [-0.2, -0.15) is 15.3 Å². The molecule has 12 N–H and O–H groups in total. The maximum Gasteiger partial charge on any atom is 0.410 e. The third-order valence-electron chi connectivity index (χ3n) is 23.7. The van der Waals surface area contributed by atoms with Crippen molar-refractivity contribution in [3.63, 3.8) is 0 Å². The fraction of sp³-hybridized carbons (Fsp3) is 0.304. The second-order valence-corrected chi connectivity index (χ2v) is 41.4. The molecule has 0 unspecified atom stereocenters. The van der Waals surface area contributed by atoms with Crippen LogP contribution in [0.15, 0.2) is 255 Å². The van der Waals surface area contributed by atoms with Gasteiger partial charge in [0.2, 0.25) is 11.8 Å². The van der Waals surface area contributed by atoms with Crippen molar-refractivity contribution in [1.82, 2.24) is 59.4 Å². The van der Waals surface area contributed by atoms with Gasteiger partial charge in [0, 0.05) is 99.4 Å². The lowest BCUT2D eigenvalue weighted by molar-refractivity contribution is -0.142. The first-order valence-electron chi connectivity index (χ1n) is 49.1. The number of hydrogen-bond acceptors (Lipinski definition) is 21. The Hall–Kier alpha value is -17.2. The minimum absolute atomic E-state index is 0.171. The smallest absolute Gasteiger partial charge is 0.410 e. The monoisotopic (exact) mass is 2030 g/mol. The third-order valence-corrected chi connectivity index (χ3v) is 23.7. The zero-order valence-corrected chi connectivity index (χ0v) is 89.4. The number of carbonyl (C=O) groups excluding carboxylic acids is 7. The van der Waals surface area contributed by atoms with Crippen LogP contribution in [0.4, 0.5) is 75.9 Å². The average Bonchev–Trinajstić information content (AvgIpc) is 1.55. The Morgan fingerprint density at radius 1 is 0.360 bits per heavy atom. The number of pyridine rings is 3. The zero-order chi connectivity index (χ0) is 109. The number of urea groups is 3. The van der Waals surface area contributed by atoms with Crippen LogP contribution in [0.2, 0.25) is 0 Å². The van der Waals surface area contributed by atoms with Crippen molar-refractivity contribution in [2.75, 3.05) is 69.4 Å². The molecule has 6 heterocycles. The number of carbonyl (C=O) groups is 8. The molecule has 0 aliphatic rings. The lowest BCUT2D eigenvalue weighted by Gasteiger charge is -2.28. The number of nitrogen functional groups attached to an aromatic ring is 1. The molecule has 0 bridgehead atoms. The number of anilines is 9. The Balaban J connectivity index is 0.000000188. The number of nitrogens with two attached hydrogens (primary N) is 1. The van der Waals surface area contributed by atoms with Crippen molar-refractivity contribution in [1.29, 1.82) is 0 Å². The van der Waals surface area contributed by atoms with Crippen LogP contribution >= 0.6 is 0 Å². The van der Waals surface area contributed by atoms with E-state index in [-0.39, 0.29) is 53.5 Å². The molecule has 35 nitrogen and oxygen atoms in total. The fourth-order valence-electron chi connectivity index (χ4n) is 14.7. The molecule has 150 heavy (non-hydrogen) atoms. The summed E-state index contributed by atoms with van der Waals surface area (Å²) in [6.07, 6.45) is 3.65. The molecule has 10 amide bonds. The van der Waals surface area contributed by atoms with Crippen molar-refractivity contribution in [3.8, 4) is 34.3 Å². The molecule has 0 saturated carbocycles. The molecule has 0 fully saturated rings. The van der Waals surface area contributed by atoms with Crippen molar-refractivity contribution >= 4 is 132 Å². The first-order valence-corrected chi connectivity index (χ1v) is 49.1. The SMILES string of the molecule is CN[C@@H](C)C(=O)Nc1cc(COc2ccc(NC(=O)Nc3cc(C(C)(C)C)nn3-c3ccc(C)cc3)c3ccccc23)ccn1.C[C@@H](C(=O)O)N(C)C(=O)OC(C)(C)C.Cc1ccc(-n2nc(C(C)(C)C)cc2NC(=O)Nc2ccc(OCc3ccnc(N)c3)c3ccccc23)cc1.Cc1ccc(-n2nc(C(C)(C)C)cc2NC(=O)Nc2ccc(OCc3ccnc(NC(=O)[C@H](C)N(C)C(=O)OC(C)(C)C)c3)c3ccccc23)cc1. The summed E-state index contributed by atoms with van der Waals surface area (Å²) < 4.78 is 34.2. The highest BCUT2D eigenvalue weighted by molar-refractivity contribution is 6.10. The number of aryl methyl sites for hydroxylation is 3. The minimum Gasteiger partial charge on any atom is -0.488 e. The van der Waals surface area contributed by atoms with Gasteiger partial charge < -0.3 is 66.4 Å². The van der Waals surface area contributed by atoms with Crippen molar-refractivity contribution in [2.24, 2.45) is 0 Å². The number of ether oxygens (including phenoxy) is 5. The minimum atomic E-state index is -1.06. The van der Waals surface area contributed by atoms with Gasteiger partial charge in [-0.1, -0.05) is 188 Å². The number of nitrogens with one attached hydrogen (secondary N) is 9. The van der Waals surface area contributed by atoms with Crippen molar-refractivity contribution < 1.29 is 67.1 Å². The predicted molar refractivity (Wildman–Crippen MR) is 591 cm³/mol. The highest BCUT2D eigenvalue weighted by Crippen LogP contribution is 2.39. The summed E-state index contributed by atoms with van der Waals surface area (Å²) in [4.78, 5) is 114. The molecule has 9 aromatic carbocycles. The number of aliphatic carboxylic acids is 1. The second-order valence-electron chi connectivity index (χ2n) is 41.4. The van der Waals surface area contributed by atoms with Crippen LogP contribution in [0.3, 0.4) is 0 Å². The molecule has 15 rings (SSSR count). The highest BCUT2D eigenvalue weighted by atomic mass is 16.6. The molecule has 15 aromatic rings. The first kappa shape index (κ1) is 112. The molecule has 0 aliphatic carbocycles. The lowest BCUT2D eigenvalue weighted by Crippen LogP contribution is -2.45. The van der Waals surface area contributed by atoms with Gasteiger partial charge in [0.15, 0.2) is 0 Å². The molecule has 0 radical (unpaired) electrons. The van der Waals surface area contributed by atoms with E-state index in [9.17, 15) is 38.4 Å². The predicted octanol–water partition coefficient (Wildman–Crippen LogP) is 23.4. The molecule has 6 aromatic heterocycles. The van der Waals surface area contributed by atoms with Gasteiger partial charge in [-0.25, -0.2) is 57.8 Å². The van der Waals surface area contributed by atoms with Gasteiger partial charge in [0.25, 0.3) is 0 Å². The Kier molecular flexibility index (Phi) is 36.0. The molecule has 0 saturated heterocycles. The van der Waals surface area contributed by atoms with Crippen LogP contribution < -0.4 is 67.8 Å². The average molecular weight is 2040 g/mol. The maximum absolute atomic E-state index is 13.4. The van der Waals surface area contributed by atoms with Crippen LogP contribution in [0.5, 0.6) is 17.2 Å². The van der Waals surface area contributed by atoms with Crippen LogP contribution in [-0.4, -0.2) is 158 Å². The normalized spacial score (nSPS) is 12.0. The maximum atomic E-state index is 13.4. The van der Waals surface area contributed by atoms with E-state index in [4.69, 9.17) is 49.8 Å². The summed E-state index contributed by atoms with van der Waals surface area (Å²) in [5.74, 6) is 3.28. The third kappa shape index (κ3) is 30.7. The Morgan fingerprint density at radius 2 is 0.653 bits per heavy atom. The van der Waals surface area contributed by atoms with Gasteiger partial charge in [0.05, 0.1) is 57.2 Å². The van der Waals surface area contributed by atoms with Gasteiger partial charge in [0.1, 0.15) is 95.3 Å². The van der Waals surface area contributed by atoms with Crippen LogP contribution in [0, 0.1) is 20.8 Å². The first-order chi connectivity index (χ1) is 70.8. The van der Waals surface area contributed by atoms with Crippen molar-refractivity contribution in [2.45, 2.75) is 211 Å². The van der Waals surface area contributed by atoms with E-state index in [1.807, 2.05) is 227 Å². The van der Waals surface area contributed by atoms with E-state index in [0.717, 1.165) is 105 Å².